The molecule has 6 rings (SSSR count). The Balaban J connectivity index is 1.29. The van der Waals surface area contributed by atoms with Crippen LogP contribution in [0.15, 0.2) is 138 Å². The minimum absolute atomic E-state index is 0.0850. The van der Waals surface area contributed by atoms with Gasteiger partial charge in [0, 0.05) is 21.8 Å². The summed E-state index contributed by atoms with van der Waals surface area (Å²) < 4.78 is 21.8. The minimum atomic E-state index is -0.864. The third-order valence-electron chi connectivity index (χ3n) is 9.31. The van der Waals surface area contributed by atoms with E-state index in [1.807, 2.05) is 36.4 Å². The highest BCUT2D eigenvalue weighted by molar-refractivity contribution is 8.00. The third kappa shape index (κ3) is 11.3. The van der Waals surface area contributed by atoms with Crippen molar-refractivity contribution in [3.8, 4) is 17.2 Å². The van der Waals surface area contributed by atoms with Gasteiger partial charge in [-0.25, -0.2) is 4.79 Å². The van der Waals surface area contributed by atoms with Crippen LogP contribution in [0.3, 0.4) is 0 Å². The number of hydrogen-bond donors (Lipinski definition) is 4. The minimum Gasteiger partial charge on any atom is -0.493 e. The summed E-state index contributed by atoms with van der Waals surface area (Å²) in [6.07, 6.45) is 1.49. The lowest BCUT2D eigenvalue weighted by atomic mass is 10.1. The highest BCUT2D eigenvalue weighted by atomic mass is 32.2. The molecule has 0 radical (unpaired) electrons. The zero-order valence-corrected chi connectivity index (χ0v) is 36.6. The van der Waals surface area contributed by atoms with Crippen molar-refractivity contribution in [2.45, 2.75) is 24.0 Å². The number of esters is 1. The van der Waals surface area contributed by atoms with E-state index in [9.17, 15) is 24.0 Å². The van der Waals surface area contributed by atoms with E-state index in [0.29, 0.717) is 55.8 Å². The number of nitrogens with one attached hydrogen (secondary N) is 4. The Hall–Kier alpha value is -7.36. The standard InChI is InChI=1S/C48H44N4O9S2/c1-6-61-48(57)39-29(2)41(45(55)49-33-21-14-9-15-22-33)63-47(39)52-46(56)42(31-17-10-7-11-18-31)62-35-24-16-23-34(28-35)50-44(54)36(51-43(53)32-19-12-8-13-20-32)25-30-26-37(58-3)40(60-5)38(27-30)59-4/h7-28,42H,6H2,1-5H3,(H,49,55)(H,50,54)(H,51,53)(H,52,56)/b36-25+. The van der Waals surface area contributed by atoms with Gasteiger partial charge in [0.05, 0.1) is 38.4 Å². The quantitative estimate of drug-likeness (QED) is 0.0393. The van der Waals surface area contributed by atoms with Crippen LogP contribution in [0.4, 0.5) is 16.4 Å². The molecular weight excluding hydrogens is 841 g/mol. The van der Waals surface area contributed by atoms with E-state index in [2.05, 4.69) is 21.3 Å². The smallest absolute Gasteiger partial charge is 0.341 e. The third-order valence-corrected chi connectivity index (χ3v) is 11.8. The van der Waals surface area contributed by atoms with Crippen LogP contribution in [-0.2, 0) is 14.3 Å². The van der Waals surface area contributed by atoms with Gasteiger partial charge in [-0.15, -0.1) is 23.1 Å². The van der Waals surface area contributed by atoms with E-state index < -0.39 is 34.8 Å². The fraction of sp³-hybridized carbons (Fsp3) is 0.146. The highest BCUT2D eigenvalue weighted by Gasteiger charge is 2.30. The van der Waals surface area contributed by atoms with Gasteiger partial charge in [-0.05, 0) is 91.2 Å². The molecule has 13 nitrogen and oxygen atoms in total. The van der Waals surface area contributed by atoms with Crippen LogP contribution in [0.25, 0.3) is 6.08 Å². The zero-order valence-electron chi connectivity index (χ0n) is 35.0. The molecule has 1 heterocycles. The number of anilines is 3. The van der Waals surface area contributed by atoms with E-state index >= 15 is 0 Å². The summed E-state index contributed by atoms with van der Waals surface area (Å²) in [5, 5.41) is 10.7. The van der Waals surface area contributed by atoms with Gasteiger partial charge in [0.2, 0.25) is 11.7 Å². The molecule has 0 bridgehead atoms. The molecule has 1 unspecified atom stereocenters. The summed E-state index contributed by atoms with van der Waals surface area (Å²) in [5.74, 6) is -1.69. The van der Waals surface area contributed by atoms with Gasteiger partial charge in [-0.2, -0.15) is 0 Å². The van der Waals surface area contributed by atoms with Crippen molar-refractivity contribution in [1.82, 2.24) is 5.32 Å². The van der Waals surface area contributed by atoms with Crippen molar-refractivity contribution < 1.29 is 42.9 Å². The summed E-state index contributed by atoms with van der Waals surface area (Å²) in [5.41, 5.74) is 2.77. The lowest BCUT2D eigenvalue weighted by Crippen LogP contribution is -2.30. The molecule has 0 saturated heterocycles. The van der Waals surface area contributed by atoms with Gasteiger partial charge in [-0.3, -0.25) is 19.2 Å². The van der Waals surface area contributed by atoms with Crippen LogP contribution >= 0.6 is 23.1 Å². The summed E-state index contributed by atoms with van der Waals surface area (Å²) in [4.78, 5) is 69.5. The molecule has 0 saturated carbocycles. The number of carbonyl (C=O) groups is 5. The van der Waals surface area contributed by atoms with Crippen molar-refractivity contribution in [3.05, 3.63) is 166 Å². The first kappa shape index (κ1) is 45.2. The van der Waals surface area contributed by atoms with Gasteiger partial charge < -0.3 is 40.2 Å². The Kier molecular flexibility index (Phi) is 15.4. The van der Waals surface area contributed by atoms with Gasteiger partial charge in [0.15, 0.2) is 11.5 Å². The number of thioether (sulfide) groups is 1. The number of amides is 4. The van der Waals surface area contributed by atoms with Crippen LogP contribution in [0, 0.1) is 6.92 Å². The first-order chi connectivity index (χ1) is 30.5. The molecule has 4 amide bonds. The van der Waals surface area contributed by atoms with Crippen molar-refractivity contribution in [2.75, 3.05) is 43.9 Å². The van der Waals surface area contributed by atoms with Crippen LogP contribution in [0.2, 0.25) is 0 Å². The molecule has 1 aromatic heterocycles. The summed E-state index contributed by atoms with van der Waals surface area (Å²) in [6.45, 7) is 3.40. The molecule has 0 aliphatic carbocycles. The predicted octanol–water partition coefficient (Wildman–Crippen LogP) is 9.39. The van der Waals surface area contributed by atoms with E-state index in [-0.39, 0.29) is 27.7 Å². The molecule has 0 fully saturated rings. The van der Waals surface area contributed by atoms with Crippen molar-refractivity contribution in [1.29, 1.82) is 0 Å². The van der Waals surface area contributed by atoms with Crippen LogP contribution in [0.1, 0.15) is 59.3 Å². The predicted molar refractivity (Wildman–Crippen MR) is 246 cm³/mol. The fourth-order valence-electron chi connectivity index (χ4n) is 6.33. The summed E-state index contributed by atoms with van der Waals surface area (Å²) in [6, 6.07) is 36.6. The van der Waals surface area contributed by atoms with Crippen LogP contribution < -0.4 is 35.5 Å². The van der Waals surface area contributed by atoms with E-state index in [0.717, 1.165) is 11.3 Å². The number of rotatable bonds is 17. The lowest BCUT2D eigenvalue weighted by molar-refractivity contribution is -0.116. The summed E-state index contributed by atoms with van der Waals surface area (Å²) >= 11 is 2.19. The zero-order chi connectivity index (χ0) is 44.9. The second kappa shape index (κ2) is 21.4. The largest absolute Gasteiger partial charge is 0.493 e. The maximum atomic E-state index is 14.4. The number of thiophene rings is 1. The van der Waals surface area contributed by atoms with E-state index in [4.69, 9.17) is 18.9 Å². The van der Waals surface area contributed by atoms with E-state index in [1.54, 1.807) is 105 Å². The van der Waals surface area contributed by atoms with Gasteiger partial charge in [0.1, 0.15) is 15.9 Å². The normalized spacial score (nSPS) is 11.4. The molecule has 15 heteroatoms. The SMILES string of the molecule is CCOC(=O)c1c(NC(=O)C(Sc2cccc(NC(=O)/C(=C\c3cc(OC)c(OC)c(OC)c3)NC(=O)c3ccccc3)c2)c2ccccc2)sc(C(=O)Nc2ccccc2)c1C. The highest BCUT2D eigenvalue weighted by Crippen LogP contribution is 2.41. The number of methoxy groups -OCH3 is 3. The topological polar surface area (TPSA) is 170 Å². The fourth-order valence-corrected chi connectivity index (χ4v) is 8.51. The molecule has 6 aromatic rings. The Bertz CT molecular complexity index is 2610. The maximum absolute atomic E-state index is 14.4. The molecule has 63 heavy (non-hydrogen) atoms. The maximum Gasteiger partial charge on any atom is 0.341 e. The lowest BCUT2D eigenvalue weighted by Gasteiger charge is -2.18. The first-order valence-electron chi connectivity index (χ1n) is 19.5. The number of ether oxygens (including phenoxy) is 4. The monoisotopic (exact) mass is 884 g/mol. The van der Waals surface area contributed by atoms with Crippen molar-refractivity contribution in [3.63, 3.8) is 0 Å². The second-order valence-corrected chi connectivity index (χ2v) is 15.7. The Morgan fingerprint density at radius 1 is 0.698 bits per heavy atom. The molecule has 5 aromatic carbocycles. The number of para-hydroxylation sites is 1. The van der Waals surface area contributed by atoms with Gasteiger partial charge in [0.25, 0.3) is 17.7 Å². The molecule has 0 aliphatic heterocycles. The number of carbonyl (C=O) groups excluding carboxylic acids is 5. The molecule has 322 valence electrons. The second-order valence-electron chi connectivity index (χ2n) is 13.5. The number of hydrogen-bond acceptors (Lipinski definition) is 11. The molecule has 1 atom stereocenters. The molecule has 0 aliphatic rings. The Morgan fingerprint density at radius 2 is 1.32 bits per heavy atom. The Morgan fingerprint density at radius 3 is 1.94 bits per heavy atom. The average molecular weight is 885 g/mol. The van der Waals surface area contributed by atoms with Crippen molar-refractivity contribution >= 4 is 75.1 Å². The van der Waals surface area contributed by atoms with Crippen LogP contribution in [-0.4, -0.2) is 57.5 Å². The molecule has 4 N–H and O–H groups in total. The average Bonchev–Trinajstić information content (AvgIpc) is 3.63. The van der Waals surface area contributed by atoms with Gasteiger partial charge in [-0.1, -0.05) is 72.8 Å². The summed E-state index contributed by atoms with van der Waals surface area (Å²) in [7, 11) is 4.42. The Labute approximate surface area is 372 Å². The van der Waals surface area contributed by atoms with Crippen molar-refractivity contribution in [2.24, 2.45) is 0 Å². The molecule has 0 spiro atoms. The molecular formula is C48H44N4O9S2. The van der Waals surface area contributed by atoms with Gasteiger partial charge >= 0.3 is 5.97 Å². The number of benzene rings is 5. The van der Waals surface area contributed by atoms with Crippen LogP contribution in [0.5, 0.6) is 17.2 Å². The first-order valence-corrected chi connectivity index (χ1v) is 21.2. The van der Waals surface area contributed by atoms with E-state index in [1.165, 1.54) is 39.2 Å².